The van der Waals surface area contributed by atoms with E-state index in [-0.39, 0.29) is 11.5 Å². The smallest absolute Gasteiger partial charge is 0.0797 e. The fourth-order valence-electron chi connectivity index (χ4n) is 1.23. The first-order chi connectivity index (χ1) is 7.05. The van der Waals surface area contributed by atoms with Gasteiger partial charge in [-0.05, 0) is 19.0 Å². The van der Waals surface area contributed by atoms with Crippen LogP contribution in [0.5, 0.6) is 0 Å². The SMILES string of the molecule is CC(OCC(C)(C)CN)c1ccccc1. The van der Waals surface area contributed by atoms with Gasteiger partial charge in [-0.2, -0.15) is 0 Å². The molecule has 0 spiro atoms. The molecule has 1 atom stereocenters. The topological polar surface area (TPSA) is 35.2 Å². The average Bonchev–Trinajstić information content (AvgIpc) is 2.27. The van der Waals surface area contributed by atoms with Crippen LogP contribution in [0.2, 0.25) is 0 Å². The molecule has 2 heteroatoms. The second-order valence-electron chi connectivity index (χ2n) is 4.73. The van der Waals surface area contributed by atoms with Crippen molar-refractivity contribution in [3.05, 3.63) is 35.9 Å². The van der Waals surface area contributed by atoms with Crippen LogP contribution in [0, 0.1) is 5.41 Å². The Kier molecular flexibility index (Phi) is 4.30. The minimum atomic E-state index is 0.0586. The minimum absolute atomic E-state index is 0.0586. The Morgan fingerprint density at radius 1 is 1.27 bits per heavy atom. The molecule has 1 aromatic carbocycles. The third-order valence-corrected chi connectivity index (χ3v) is 2.55. The first kappa shape index (κ1) is 12.2. The summed E-state index contributed by atoms with van der Waals surface area (Å²) in [5, 5.41) is 0. The molecule has 2 nitrogen and oxygen atoms in total. The first-order valence-electron chi connectivity index (χ1n) is 5.42. The van der Waals surface area contributed by atoms with E-state index in [4.69, 9.17) is 10.5 Å². The number of hydrogen-bond donors (Lipinski definition) is 1. The summed E-state index contributed by atoms with van der Waals surface area (Å²) in [5.74, 6) is 0. The molecule has 0 heterocycles. The number of nitrogens with two attached hydrogens (primary N) is 1. The second-order valence-corrected chi connectivity index (χ2v) is 4.73. The van der Waals surface area contributed by atoms with Crippen LogP contribution in [0.3, 0.4) is 0 Å². The summed E-state index contributed by atoms with van der Waals surface area (Å²) in [4.78, 5) is 0. The molecule has 0 aliphatic carbocycles. The normalized spacial score (nSPS) is 13.9. The minimum Gasteiger partial charge on any atom is -0.373 e. The third kappa shape index (κ3) is 4.02. The Morgan fingerprint density at radius 3 is 2.40 bits per heavy atom. The van der Waals surface area contributed by atoms with Gasteiger partial charge in [0.05, 0.1) is 12.7 Å². The Morgan fingerprint density at radius 2 is 1.87 bits per heavy atom. The van der Waals surface area contributed by atoms with Gasteiger partial charge in [-0.3, -0.25) is 0 Å². The van der Waals surface area contributed by atoms with Crippen LogP contribution in [-0.2, 0) is 4.74 Å². The van der Waals surface area contributed by atoms with Gasteiger partial charge in [0.15, 0.2) is 0 Å². The summed E-state index contributed by atoms with van der Waals surface area (Å²) >= 11 is 0. The van der Waals surface area contributed by atoms with Gasteiger partial charge >= 0.3 is 0 Å². The van der Waals surface area contributed by atoms with E-state index in [0.717, 1.165) is 0 Å². The summed E-state index contributed by atoms with van der Waals surface area (Å²) < 4.78 is 5.80. The summed E-state index contributed by atoms with van der Waals surface area (Å²) in [7, 11) is 0. The highest BCUT2D eigenvalue weighted by atomic mass is 16.5. The maximum absolute atomic E-state index is 5.80. The van der Waals surface area contributed by atoms with E-state index in [2.05, 4.69) is 32.9 Å². The molecule has 0 bridgehead atoms. The average molecular weight is 207 g/mol. The van der Waals surface area contributed by atoms with E-state index in [1.807, 2.05) is 18.2 Å². The fraction of sp³-hybridized carbons (Fsp3) is 0.538. The van der Waals surface area contributed by atoms with E-state index in [1.54, 1.807) is 0 Å². The van der Waals surface area contributed by atoms with Crippen molar-refractivity contribution >= 4 is 0 Å². The molecule has 0 amide bonds. The molecule has 0 saturated heterocycles. The molecular formula is C13H21NO. The van der Waals surface area contributed by atoms with Gasteiger partial charge in [-0.1, -0.05) is 44.2 Å². The molecule has 2 N–H and O–H groups in total. The summed E-state index contributed by atoms with van der Waals surface area (Å²) in [6.45, 7) is 7.64. The van der Waals surface area contributed by atoms with Gasteiger partial charge in [-0.25, -0.2) is 0 Å². The zero-order valence-corrected chi connectivity index (χ0v) is 9.86. The van der Waals surface area contributed by atoms with Gasteiger partial charge < -0.3 is 10.5 Å². The lowest BCUT2D eigenvalue weighted by Crippen LogP contribution is -2.29. The third-order valence-electron chi connectivity index (χ3n) is 2.55. The van der Waals surface area contributed by atoms with Gasteiger partial charge in [0.1, 0.15) is 0 Å². The van der Waals surface area contributed by atoms with Crippen molar-refractivity contribution in [2.75, 3.05) is 13.2 Å². The molecule has 0 aromatic heterocycles. The zero-order chi connectivity index (χ0) is 11.3. The molecule has 1 unspecified atom stereocenters. The monoisotopic (exact) mass is 207 g/mol. The molecule has 0 aliphatic heterocycles. The Labute approximate surface area is 92.4 Å². The molecule has 0 radical (unpaired) electrons. The Hall–Kier alpha value is -0.860. The first-order valence-corrected chi connectivity index (χ1v) is 5.42. The maximum atomic E-state index is 5.80. The predicted octanol–water partition coefficient (Wildman–Crippen LogP) is 2.75. The lowest BCUT2D eigenvalue weighted by atomic mass is 9.95. The van der Waals surface area contributed by atoms with E-state index in [0.29, 0.717) is 13.2 Å². The van der Waals surface area contributed by atoms with Crippen LogP contribution in [0.25, 0.3) is 0 Å². The van der Waals surface area contributed by atoms with Gasteiger partial charge in [0, 0.05) is 5.41 Å². The Bertz CT molecular complexity index is 282. The second kappa shape index (κ2) is 5.29. The highest BCUT2D eigenvalue weighted by molar-refractivity contribution is 5.16. The highest BCUT2D eigenvalue weighted by Crippen LogP contribution is 2.21. The van der Waals surface area contributed by atoms with E-state index >= 15 is 0 Å². The summed E-state index contributed by atoms with van der Waals surface area (Å²) in [6.07, 6.45) is 0.136. The molecule has 15 heavy (non-hydrogen) atoms. The molecule has 1 aromatic rings. The van der Waals surface area contributed by atoms with Crippen LogP contribution in [-0.4, -0.2) is 13.2 Å². The van der Waals surface area contributed by atoms with Crippen LogP contribution in [0.1, 0.15) is 32.4 Å². The highest BCUT2D eigenvalue weighted by Gasteiger charge is 2.17. The molecule has 84 valence electrons. The number of hydrogen-bond acceptors (Lipinski definition) is 2. The molecule has 1 rings (SSSR count). The quantitative estimate of drug-likeness (QED) is 0.805. The van der Waals surface area contributed by atoms with E-state index in [1.165, 1.54) is 5.56 Å². The molecule has 0 saturated carbocycles. The zero-order valence-electron chi connectivity index (χ0n) is 9.86. The van der Waals surface area contributed by atoms with E-state index in [9.17, 15) is 0 Å². The van der Waals surface area contributed by atoms with Gasteiger partial charge in [0.2, 0.25) is 0 Å². The van der Waals surface area contributed by atoms with Crippen molar-refractivity contribution in [3.8, 4) is 0 Å². The molecule has 0 aliphatic rings. The van der Waals surface area contributed by atoms with Gasteiger partial charge in [0.25, 0.3) is 0 Å². The summed E-state index contributed by atoms with van der Waals surface area (Å²) in [6, 6.07) is 10.2. The number of ether oxygens (including phenoxy) is 1. The van der Waals surface area contributed by atoms with Crippen LogP contribution < -0.4 is 5.73 Å². The Balaban J connectivity index is 2.47. The number of rotatable bonds is 5. The summed E-state index contributed by atoms with van der Waals surface area (Å²) in [5.41, 5.74) is 6.92. The lowest BCUT2D eigenvalue weighted by Gasteiger charge is -2.24. The van der Waals surface area contributed by atoms with Crippen molar-refractivity contribution < 1.29 is 4.74 Å². The van der Waals surface area contributed by atoms with E-state index < -0.39 is 0 Å². The van der Waals surface area contributed by atoms with Crippen LogP contribution in [0.15, 0.2) is 30.3 Å². The van der Waals surface area contributed by atoms with Crippen molar-refractivity contribution in [2.24, 2.45) is 11.1 Å². The molecular weight excluding hydrogens is 186 g/mol. The van der Waals surface area contributed by atoms with Crippen LogP contribution in [0.4, 0.5) is 0 Å². The van der Waals surface area contributed by atoms with Gasteiger partial charge in [-0.15, -0.1) is 0 Å². The lowest BCUT2D eigenvalue weighted by molar-refractivity contribution is 0.0142. The fourth-order valence-corrected chi connectivity index (χ4v) is 1.23. The maximum Gasteiger partial charge on any atom is 0.0797 e. The number of benzene rings is 1. The predicted molar refractivity (Wildman–Crippen MR) is 63.6 cm³/mol. The van der Waals surface area contributed by atoms with Crippen LogP contribution >= 0.6 is 0 Å². The van der Waals surface area contributed by atoms with Crippen molar-refractivity contribution in [3.63, 3.8) is 0 Å². The standard InChI is InChI=1S/C13H21NO/c1-11(12-7-5-4-6-8-12)15-10-13(2,3)9-14/h4-8,11H,9-10,14H2,1-3H3. The van der Waals surface area contributed by atoms with Crippen molar-refractivity contribution in [1.82, 2.24) is 0 Å². The van der Waals surface area contributed by atoms with Crippen molar-refractivity contribution in [2.45, 2.75) is 26.9 Å². The largest absolute Gasteiger partial charge is 0.373 e. The van der Waals surface area contributed by atoms with Crippen molar-refractivity contribution in [1.29, 1.82) is 0 Å². The molecule has 0 fully saturated rings.